The van der Waals surface area contributed by atoms with Crippen LogP contribution in [0.4, 0.5) is 0 Å². The van der Waals surface area contributed by atoms with Crippen molar-refractivity contribution in [2.75, 3.05) is 5.84 Å². The number of carbonyl (C=O) groups is 1. The Labute approximate surface area is 181 Å². The molecule has 1 aromatic heterocycles. The lowest BCUT2D eigenvalue weighted by Crippen LogP contribution is -2.31. The smallest absolute Gasteiger partial charge is 0.233 e. The Morgan fingerprint density at radius 1 is 1.13 bits per heavy atom. The van der Waals surface area contributed by atoms with Crippen molar-refractivity contribution in [2.24, 2.45) is 0 Å². The molecule has 0 spiro atoms. The van der Waals surface area contributed by atoms with E-state index in [-0.39, 0.29) is 17.8 Å². The average molecular weight is 426 g/mol. The van der Waals surface area contributed by atoms with Crippen LogP contribution in [0.1, 0.15) is 35.0 Å². The van der Waals surface area contributed by atoms with Gasteiger partial charge in [0, 0.05) is 6.54 Å². The van der Waals surface area contributed by atoms with Crippen LogP contribution >= 0.6 is 11.8 Å². The zero-order valence-electron chi connectivity index (χ0n) is 17.7. The first-order valence-electron chi connectivity index (χ1n) is 9.73. The summed E-state index contributed by atoms with van der Waals surface area (Å²) in [6.07, 6.45) is 0. The van der Waals surface area contributed by atoms with E-state index in [2.05, 4.69) is 15.5 Å². The van der Waals surface area contributed by atoms with Crippen LogP contribution in [0, 0.1) is 20.8 Å². The molecular formula is C22H27N5O2S. The van der Waals surface area contributed by atoms with E-state index in [1.807, 2.05) is 70.2 Å². The van der Waals surface area contributed by atoms with Crippen molar-refractivity contribution >= 4 is 17.7 Å². The maximum Gasteiger partial charge on any atom is 0.233 e. The number of nitrogens with zero attached hydrogens (tertiary/aromatic N) is 3. The van der Waals surface area contributed by atoms with Crippen molar-refractivity contribution in [1.29, 1.82) is 0 Å². The molecule has 0 saturated carbocycles. The number of para-hydroxylation sites is 1. The lowest BCUT2D eigenvalue weighted by atomic mass is 10.1. The van der Waals surface area contributed by atoms with Crippen molar-refractivity contribution in [3.8, 4) is 5.75 Å². The molecule has 1 atom stereocenters. The standard InChI is InChI=1S/C22H27N5O2S/c1-14-8-10-18(11-9-14)12-24-21(28)17(4)30-22-26-25-19(27(22)23)13-29-20-15(2)6-5-7-16(20)3/h5-11,17H,12-13,23H2,1-4H3,(H,24,28)/t17-/m0/s1. The van der Waals surface area contributed by atoms with E-state index >= 15 is 0 Å². The highest BCUT2D eigenvalue weighted by Crippen LogP contribution is 2.24. The summed E-state index contributed by atoms with van der Waals surface area (Å²) < 4.78 is 7.28. The summed E-state index contributed by atoms with van der Waals surface area (Å²) in [6, 6.07) is 14.0. The summed E-state index contributed by atoms with van der Waals surface area (Å²) in [6.45, 7) is 8.52. The number of rotatable bonds is 8. The molecule has 0 aliphatic carbocycles. The number of hydrogen-bond donors (Lipinski definition) is 2. The Bertz CT molecular complexity index is 997. The first-order chi connectivity index (χ1) is 14.3. The van der Waals surface area contributed by atoms with Gasteiger partial charge in [-0.05, 0) is 44.4 Å². The predicted molar refractivity (Wildman–Crippen MR) is 119 cm³/mol. The predicted octanol–water partition coefficient (Wildman–Crippen LogP) is 3.29. The summed E-state index contributed by atoms with van der Waals surface area (Å²) in [7, 11) is 0. The summed E-state index contributed by atoms with van der Waals surface area (Å²) in [4.78, 5) is 12.4. The second-order valence-electron chi connectivity index (χ2n) is 7.24. The number of aromatic nitrogens is 3. The van der Waals surface area contributed by atoms with Crippen molar-refractivity contribution in [3.05, 3.63) is 70.5 Å². The van der Waals surface area contributed by atoms with E-state index in [1.54, 1.807) is 0 Å². The van der Waals surface area contributed by atoms with Gasteiger partial charge in [-0.15, -0.1) is 10.2 Å². The Hall–Kier alpha value is -3.00. The van der Waals surface area contributed by atoms with Crippen LogP contribution in [0.2, 0.25) is 0 Å². The normalized spacial score (nSPS) is 11.9. The van der Waals surface area contributed by atoms with Gasteiger partial charge < -0.3 is 15.9 Å². The molecular weight excluding hydrogens is 398 g/mol. The molecule has 0 saturated heterocycles. The molecule has 30 heavy (non-hydrogen) atoms. The van der Waals surface area contributed by atoms with Crippen LogP contribution in [0.5, 0.6) is 5.75 Å². The van der Waals surface area contributed by atoms with Crippen LogP contribution in [0.3, 0.4) is 0 Å². The highest BCUT2D eigenvalue weighted by Gasteiger charge is 2.19. The van der Waals surface area contributed by atoms with Crippen molar-refractivity contribution in [3.63, 3.8) is 0 Å². The van der Waals surface area contributed by atoms with Crippen LogP contribution < -0.4 is 15.9 Å². The fourth-order valence-electron chi connectivity index (χ4n) is 2.90. The summed E-state index contributed by atoms with van der Waals surface area (Å²) in [5.41, 5.74) is 4.34. The number of nitrogens with two attached hydrogens (primary N) is 1. The Balaban J connectivity index is 1.55. The number of thioether (sulfide) groups is 1. The third-order valence-electron chi connectivity index (χ3n) is 4.73. The minimum atomic E-state index is -0.366. The van der Waals surface area contributed by atoms with Gasteiger partial charge in [-0.3, -0.25) is 4.79 Å². The number of hydrogen-bond acceptors (Lipinski definition) is 6. The fourth-order valence-corrected chi connectivity index (χ4v) is 3.71. The molecule has 158 valence electrons. The van der Waals surface area contributed by atoms with E-state index in [0.29, 0.717) is 17.5 Å². The monoisotopic (exact) mass is 425 g/mol. The van der Waals surface area contributed by atoms with Gasteiger partial charge in [0.1, 0.15) is 12.4 Å². The largest absolute Gasteiger partial charge is 0.485 e. The number of carbonyl (C=O) groups excluding carboxylic acids is 1. The van der Waals surface area contributed by atoms with Crippen LogP contribution in [-0.2, 0) is 17.9 Å². The van der Waals surface area contributed by atoms with Gasteiger partial charge in [0.25, 0.3) is 0 Å². The molecule has 0 aliphatic heterocycles. The number of nitrogens with one attached hydrogen (secondary N) is 1. The molecule has 0 bridgehead atoms. The van der Waals surface area contributed by atoms with Crippen molar-refractivity contribution in [2.45, 2.75) is 51.3 Å². The highest BCUT2D eigenvalue weighted by atomic mass is 32.2. The third kappa shape index (κ3) is 5.33. The zero-order valence-corrected chi connectivity index (χ0v) is 18.5. The average Bonchev–Trinajstić information content (AvgIpc) is 3.06. The third-order valence-corrected chi connectivity index (χ3v) is 5.79. The summed E-state index contributed by atoms with van der Waals surface area (Å²) in [5, 5.41) is 11.3. The molecule has 1 amide bonds. The van der Waals surface area contributed by atoms with Crippen molar-refractivity contribution in [1.82, 2.24) is 20.2 Å². The van der Waals surface area contributed by atoms with E-state index in [4.69, 9.17) is 10.6 Å². The summed E-state index contributed by atoms with van der Waals surface area (Å²) >= 11 is 1.26. The Morgan fingerprint density at radius 3 is 2.47 bits per heavy atom. The lowest BCUT2D eigenvalue weighted by molar-refractivity contribution is -0.120. The molecule has 0 unspecified atom stereocenters. The number of aryl methyl sites for hydroxylation is 3. The zero-order chi connectivity index (χ0) is 21.7. The number of benzene rings is 2. The van der Waals surface area contributed by atoms with Gasteiger partial charge in [-0.1, -0.05) is 59.8 Å². The lowest BCUT2D eigenvalue weighted by Gasteiger charge is -2.13. The first kappa shape index (κ1) is 21.7. The van der Waals surface area contributed by atoms with Crippen LogP contribution in [0.15, 0.2) is 47.6 Å². The van der Waals surface area contributed by atoms with Crippen LogP contribution in [-0.4, -0.2) is 26.0 Å². The molecule has 7 nitrogen and oxygen atoms in total. The quantitative estimate of drug-likeness (QED) is 0.425. The summed E-state index contributed by atoms with van der Waals surface area (Å²) in [5.74, 6) is 7.36. The maximum atomic E-state index is 12.4. The van der Waals surface area contributed by atoms with Gasteiger partial charge in [0.15, 0.2) is 5.82 Å². The Kier molecular flexibility index (Phi) is 6.99. The van der Waals surface area contributed by atoms with Gasteiger partial charge in [-0.25, -0.2) is 4.68 Å². The van der Waals surface area contributed by atoms with E-state index in [1.165, 1.54) is 22.0 Å². The van der Waals surface area contributed by atoms with Crippen LogP contribution in [0.25, 0.3) is 0 Å². The molecule has 0 fully saturated rings. The minimum absolute atomic E-state index is 0.0862. The molecule has 3 N–H and O–H groups in total. The first-order valence-corrected chi connectivity index (χ1v) is 10.6. The van der Waals surface area contributed by atoms with E-state index in [0.717, 1.165) is 22.4 Å². The number of ether oxygens (including phenoxy) is 1. The topological polar surface area (TPSA) is 95.1 Å². The molecule has 2 aromatic carbocycles. The molecule has 0 aliphatic rings. The number of nitrogen functional groups attached to an aromatic ring is 1. The van der Waals surface area contributed by atoms with Gasteiger partial charge in [-0.2, -0.15) is 0 Å². The molecule has 3 rings (SSSR count). The van der Waals surface area contributed by atoms with Gasteiger partial charge >= 0.3 is 0 Å². The maximum absolute atomic E-state index is 12.4. The SMILES string of the molecule is Cc1ccc(CNC(=O)[C@H](C)Sc2nnc(COc3c(C)cccc3C)n2N)cc1. The molecule has 8 heteroatoms. The molecule has 0 radical (unpaired) electrons. The molecule has 1 heterocycles. The Morgan fingerprint density at radius 2 is 1.80 bits per heavy atom. The minimum Gasteiger partial charge on any atom is -0.485 e. The highest BCUT2D eigenvalue weighted by molar-refractivity contribution is 8.00. The number of amides is 1. The second kappa shape index (κ2) is 9.67. The second-order valence-corrected chi connectivity index (χ2v) is 8.55. The van der Waals surface area contributed by atoms with E-state index in [9.17, 15) is 4.79 Å². The van der Waals surface area contributed by atoms with Crippen molar-refractivity contribution < 1.29 is 9.53 Å². The van der Waals surface area contributed by atoms with Gasteiger partial charge in [0.05, 0.1) is 5.25 Å². The fraction of sp³-hybridized carbons (Fsp3) is 0.318. The van der Waals surface area contributed by atoms with E-state index < -0.39 is 0 Å². The van der Waals surface area contributed by atoms with Gasteiger partial charge in [0.2, 0.25) is 11.1 Å². The molecule has 3 aromatic rings.